The van der Waals surface area contributed by atoms with Gasteiger partial charge in [0.2, 0.25) is 0 Å². The van der Waals surface area contributed by atoms with Crippen LogP contribution in [0.3, 0.4) is 0 Å². The van der Waals surface area contributed by atoms with Crippen molar-refractivity contribution in [2.45, 2.75) is 32.7 Å². The Morgan fingerprint density at radius 2 is 2.00 bits per heavy atom. The molecule has 0 aromatic heterocycles. The van der Waals surface area contributed by atoms with E-state index < -0.39 is 0 Å². The number of methoxy groups -OCH3 is 2. The summed E-state index contributed by atoms with van der Waals surface area (Å²) < 4.78 is 10.8. The first-order valence-corrected chi connectivity index (χ1v) is 8.91. The van der Waals surface area contributed by atoms with Crippen molar-refractivity contribution in [1.29, 1.82) is 0 Å². The lowest BCUT2D eigenvalue weighted by molar-refractivity contribution is -0.124. The Labute approximate surface area is 152 Å². The molecule has 1 aromatic carbocycles. The van der Waals surface area contributed by atoms with Gasteiger partial charge >= 0.3 is 0 Å². The Hall–Kier alpha value is -2.21. The predicted octanol–water partition coefficient (Wildman–Crippen LogP) is 4.27. The second-order valence-electron chi connectivity index (χ2n) is 5.72. The number of hydrogen-bond donors (Lipinski definition) is 0. The molecule has 0 N–H and O–H groups in total. The smallest absolute Gasteiger partial charge is 0.293 e. The Kier molecular flexibility index (Phi) is 6.31. The molecule has 0 radical (unpaired) electrons. The minimum Gasteiger partial charge on any atom is -0.493 e. The summed E-state index contributed by atoms with van der Waals surface area (Å²) in [7, 11) is 3.15. The zero-order valence-electron chi connectivity index (χ0n) is 15.0. The molecule has 1 aromatic rings. The second-order valence-corrected chi connectivity index (χ2v) is 6.71. The standard InChI is InChI=1S/C19H23NO4S/c1-6-8-14-9-13(10-15(23-4)17(14)24-5)11-16-18(21)20(12(3)7-2)19(22)25-16/h6,9-12H,1,7-8H2,2-5H3/b16-11+/t12-/m0/s1. The molecule has 6 heteroatoms. The van der Waals surface area contributed by atoms with Crippen molar-refractivity contribution in [3.63, 3.8) is 0 Å². The molecule has 5 nitrogen and oxygen atoms in total. The van der Waals surface area contributed by atoms with Gasteiger partial charge in [-0.3, -0.25) is 14.5 Å². The summed E-state index contributed by atoms with van der Waals surface area (Å²) in [6, 6.07) is 3.60. The summed E-state index contributed by atoms with van der Waals surface area (Å²) in [6.45, 7) is 7.58. The molecular weight excluding hydrogens is 338 g/mol. The average molecular weight is 361 g/mol. The molecule has 1 aliphatic heterocycles. The number of carbonyl (C=O) groups is 2. The van der Waals surface area contributed by atoms with Crippen LogP contribution in [-0.4, -0.2) is 36.3 Å². The van der Waals surface area contributed by atoms with Gasteiger partial charge in [0.25, 0.3) is 11.1 Å². The lowest BCUT2D eigenvalue weighted by Crippen LogP contribution is -2.36. The first-order valence-electron chi connectivity index (χ1n) is 8.09. The van der Waals surface area contributed by atoms with Crippen LogP contribution < -0.4 is 9.47 Å². The molecule has 25 heavy (non-hydrogen) atoms. The quantitative estimate of drug-likeness (QED) is 0.536. The van der Waals surface area contributed by atoms with Crippen LogP contribution in [-0.2, 0) is 11.2 Å². The highest BCUT2D eigenvalue weighted by Gasteiger charge is 2.37. The van der Waals surface area contributed by atoms with E-state index in [2.05, 4.69) is 6.58 Å². The predicted molar refractivity (Wildman–Crippen MR) is 101 cm³/mol. The van der Waals surface area contributed by atoms with Gasteiger partial charge in [0, 0.05) is 11.6 Å². The lowest BCUT2D eigenvalue weighted by atomic mass is 10.0. The molecule has 1 heterocycles. The van der Waals surface area contributed by atoms with E-state index in [0.717, 1.165) is 29.3 Å². The van der Waals surface area contributed by atoms with Crippen molar-refractivity contribution in [2.24, 2.45) is 0 Å². The molecule has 1 saturated heterocycles. The van der Waals surface area contributed by atoms with Gasteiger partial charge in [-0.25, -0.2) is 0 Å². The van der Waals surface area contributed by atoms with E-state index >= 15 is 0 Å². The maximum absolute atomic E-state index is 12.6. The van der Waals surface area contributed by atoms with Crippen LogP contribution in [0.25, 0.3) is 6.08 Å². The topological polar surface area (TPSA) is 55.8 Å². The Morgan fingerprint density at radius 3 is 2.56 bits per heavy atom. The molecule has 0 bridgehead atoms. The Balaban J connectivity index is 2.44. The van der Waals surface area contributed by atoms with Crippen LogP contribution in [0.4, 0.5) is 4.79 Å². The van der Waals surface area contributed by atoms with Gasteiger partial charge in [0.15, 0.2) is 11.5 Å². The summed E-state index contributed by atoms with van der Waals surface area (Å²) in [5.74, 6) is 0.978. The maximum Gasteiger partial charge on any atom is 0.293 e. The largest absolute Gasteiger partial charge is 0.493 e. The van der Waals surface area contributed by atoms with Crippen molar-refractivity contribution in [3.05, 3.63) is 40.8 Å². The zero-order chi connectivity index (χ0) is 18.6. The second kappa shape index (κ2) is 8.25. The Bertz CT molecular complexity index is 726. The van der Waals surface area contributed by atoms with Crippen molar-refractivity contribution in [2.75, 3.05) is 14.2 Å². The van der Waals surface area contributed by atoms with Crippen LogP contribution in [0.2, 0.25) is 0 Å². The van der Waals surface area contributed by atoms with E-state index in [1.807, 2.05) is 19.9 Å². The van der Waals surface area contributed by atoms with E-state index in [4.69, 9.17) is 9.47 Å². The van der Waals surface area contributed by atoms with E-state index in [1.165, 1.54) is 4.90 Å². The van der Waals surface area contributed by atoms with Crippen LogP contribution in [0, 0.1) is 0 Å². The maximum atomic E-state index is 12.6. The number of imide groups is 1. The number of hydrogen-bond acceptors (Lipinski definition) is 5. The number of thioether (sulfide) groups is 1. The van der Waals surface area contributed by atoms with E-state index in [9.17, 15) is 9.59 Å². The molecule has 134 valence electrons. The molecule has 2 amide bonds. The van der Waals surface area contributed by atoms with Crippen molar-refractivity contribution in [3.8, 4) is 11.5 Å². The molecule has 0 saturated carbocycles. The fourth-order valence-corrected chi connectivity index (χ4v) is 3.58. The third-order valence-electron chi connectivity index (χ3n) is 4.10. The summed E-state index contributed by atoms with van der Waals surface area (Å²) >= 11 is 0.969. The summed E-state index contributed by atoms with van der Waals surface area (Å²) in [5, 5.41) is -0.225. The molecule has 0 unspecified atom stereocenters. The van der Waals surface area contributed by atoms with Gasteiger partial charge < -0.3 is 9.47 Å². The highest BCUT2D eigenvalue weighted by atomic mass is 32.2. The molecular formula is C19H23NO4S. The minimum absolute atomic E-state index is 0.111. The van der Waals surface area contributed by atoms with Gasteiger partial charge in [0.05, 0.1) is 19.1 Å². The molecule has 0 spiro atoms. The summed E-state index contributed by atoms with van der Waals surface area (Å²) in [6.07, 6.45) is 4.83. The minimum atomic E-state index is -0.246. The summed E-state index contributed by atoms with van der Waals surface area (Å²) in [4.78, 5) is 26.4. The van der Waals surface area contributed by atoms with E-state index in [0.29, 0.717) is 22.8 Å². The number of carbonyl (C=O) groups excluding carboxylic acids is 2. The molecule has 2 rings (SSSR count). The molecule has 1 aliphatic rings. The number of allylic oxidation sites excluding steroid dienone is 1. The fourth-order valence-electron chi connectivity index (χ4n) is 2.65. The first-order chi connectivity index (χ1) is 12.0. The highest BCUT2D eigenvalue weighted by molar-refractivity contribution is 8.18. The van der Waals surface area contributed by atoms with Crippen LogP contribution in [0.1, 0.15) is 31.4 Å². The number of nitrogens with zero attached hydrogens (tertiary/aromatic N) is 1. The SMILES string of the molecule is C=CCc1cc(/C=C2/SC(=O)N([C@@H](C)CC)C2=O)cc(OC)c1OC. The van der Waals surface area contributed by atoms with Gasteiger partial charge in [-0.1, -0.05) is 13.0 Å². The monoisotopic (exact) mass is 361 g/mol. The first kappa shape index (κ1) is 19.1. The van der Waals surface area contributed by atoms with Gasteiger partial charge in [-0.05, 0) is 55.3 Å². The van der Waals surface area contributed by atoms with Crippen molar-refractivity contribution < 1.29 is 19.1 Å². The molecule has 1 atom stereocenters. The summed E-state index contributed by atoms with van der Waals surface area (Å²) in [5.41, 5.74) is 1.69. The van der Waals surface area contributed by atoms with Crippen LogP contribution >= 0.6 is 11.8 Å². The Morgan fingerprint density at radius 1 is 1.28 bits per heavy atom. The van der Waals surface area contributed by atoms with E-state index in [1.54, 1.807) is 32.4 Å². The van der Waals surface area contributed by atoms with Gasteiger partial charge in [-0.15, -0.1) is 6.58 Å². The van der Waals surface area contributed by atoms with Crippen molar-refractivity contribution >= 4 is 29.0 Å². The van der Waals surface area contributed by atoms with Crippen molar-refractivity contribution in [1.82, 2.24) is 4.90 Å². The highest BCUT2D eigenvalue weighted by Crippen LogP contribution is 2.37. The third kappa shape index (κ3) is 3.90. The average Bonchev–Trinajstić information content (AvgIpc) is 2.87. The lowest BCUT2D eigenvalue weighted by Gasteiger charge is -2.19. The fraction of sp³-hybridized carbons (Fsp3) is 0.368. The number of amides is 2. The van der Waals surface area contributed by atoms with Gasteiger partial charge in [-0.2, -0.15) is 0 Å². The number of rotatable bonds is 7. The molecule has 1 fully saturated rings. The third-order valence-corrected chi connectivity index (χ3v) is 4.98. The number of ether oxygens (including phenoxy) is 2. The number of benzene rings is 1. The zero-order valence-corrected chi connectivity index (χ0v) is 15.8. The van der Waals surface area contributed by atoms with Gasteiger partial charge in [0.1, 0.15) is 0 Å². The molecule has 0 aliphatic carbocycles. The van der Waals surface area contributed by atoms with E-state index in [-0.39, 0.29) is 17.2 Å². The normalized spacial score (nSPS) is 17.1. The van der Waals surface area contributed by atoms with Crippen LogP contribution in [0.15, 0.2) is 29.7 Å². The van der Waals surface area contributed by atoms with Crippen LogP contribution in [0.5, 0.6) is 11.5 Å².